The lowest BCUT2D eigenvalue weighted by atomic mass is 10.0. The van der Waals surface area contributed by atoms with Gasteiger partial charge in [0.25, 0.3) is 5.91 Å². The maximum Gasteiger partial charge on any atom is 0.258 e. The highest BCUT2D eigenvalue weighted by Crippen LogP contribution is 2.28. The van der Waals surface area contributed by atoms with E-state index in [4.69, 9.17) is 4.74 Å². The number of anilines is 1. The van der Waals surface area contributed by atoms with Crippen LogP contribution in [0.5, 0.6) is 5.75 Å². The number of hydrogen-bond acceptors (Lipinski definition) is 3. The van der Waals surface area contributed by atoms with Crippen molar-refractivity contribution >= 4 is 11.6 Å². The maximum atomic E-state index is 14.6. The predicted octanol–water partition coefficient (Wildman–Crippen LogP) is 5.08. The van der Waals surface area contributed by atoms with Gasteiger partial charge in [-0.15, -0.1) is 0 Å². The van der Waals surface area contributed by atoms with Crippen LogP contribution in [0.4, 0.5) is 14.5 Å². The number of nitrogens with zero attached hydrogens (tertiary/aromatic N) is 2. The Balaban J connectivity index is 1.53. The quantitative estimate of drug-likeness (QED) is 0.504. The first-order valence-corrected chi connectivity index (χ1v) is 9.10. The van der Waals surface area contributed by atoms with Crippen LogP contribution in [0, 0.1) is 11.6 Å². The molecular formula is C23H17F2N3O2. The SMILES string of the molecule is COc1ccc(-c2ccc(C(=O)Nc3cnn(-c4ccccc4)c3)c(F)c2)c(F)c1. The lowest BCUT2D eigenvalue weighted by molar-refractivity contribution is 0.102. The highest BCUT2D eigenvalue weighted by atomic mass is 19.1. The fraction of sp³-hybridized carbons (Fsp3) is 0.0435. The molecule has 0 aliphatic carbocycles. The predicted molar refractivity (Wildman–Crippen MR) is 110 cm³/mol. The van der Waals surface area contributed by atoms with Crippen molar-refractivity contribution in [3.63, 3.8) is 0 Å². The standard InChI is InChI=1S/C23H17F2N3O2/c1-30-18-8-10-19(22(25)12-18)15-7-9-20(21(24)11-15)23(29)27-16-13-26-28(14-16)17-5-3-2-4-6-17/h2-14H,1H3,(H,27,29). The zero-order chi connectivity index (χ0) is 21.1. The van der Waals surface area contributed by atoms with Crippen molar-refractivity contribution in [1.29, 1.82) is 0 Å². The highest BCUT2D eigenvalue weighted by Gasteiger charge is 2.15. The van der Waals surface area contributed by atoms with Crippen LogP contribution >= 0.6 is 0 Å². The number of rotatable bonds is 5. The monoisotopic (exact) mass is 405 g/mol. The van der Waals surface area contributed by atoms with Gasteiger partial charge in [0.1, 0.15) is 17.4 Å². The molecule has 1 N–H and O–H groups in total. The minimum atomic E-state index is -0.754. The third kappa shape index (κ3) is 3.91. The van der Waals surface area contributed by atoms with E-state index in [-0.39, 0.29) is 11.1 Å². The molecule has 0 unspecified atom stereocenters. The number of benzene rings is 3. The van der Waals surface area contributed by atoms with Crippen molar-refractivity contribution in [2.24, 2.45) is 0 Å². The Morgan fingerprint density at radius 1 is 1.00 bits per heavy atom. The summed E-state index contributed by atoms with van der Waals surface area (Å²) >= 11 is 0. The molecule has 4 aromatic rings. The molecule has 5 nitrogen and oxygen atoms in total. The molecule has 7 heteroatoms. The highest BCUT2D eigenvalue weighted by molar-refractivity contribution is 6.04. The van der Waals surface area contributed by atoms with Gasteiger partial charge in [0.2, 0.25) is 0 Å². The van der Waals surface area contributed by atoms with Gasteiger partial charge in [-0.3, -0.25) is 4.79 Å². The molecular weight excluding hydrogens is 388 g/mol. The van der Waals surface area contributed by atoms with Gasteiger partial charge < -0.3 is 10.1 Å². The number of ether oxygens (including phenoxy) is 1. The molecule has 0 aliphatic rings. The van der Waals surface area contributed by atoms with E-state index in [9.17, 15) is 13.6 Å². The molecule has 150 valence electrons. The van der Waals surface area contributed by atoms with Crippen LogP contribution in [0.15, 0.2) is 79.1 Å². The summed E-state index contributed by atoms with van der Waals surface area (Å²) in [5.74, 6) is -1.56. The number of amides is 1. The Labute approximate surface area is 171 Å². The summed E-state index contributed by atoms with van der Waals surface area (Å²) in [6.45, 7) is 0. The zero-order valence-electron chi connectivity index (χ0n) is 16.0. The van der Waals surface area contributed by atoms with Gasteiger partial charge in [-0.25, -0.2) is 13.5 Å². The number of para-hydroxylation sites is 1. The summed E-state index contributed by atoms with van der Waals surface area (Å²) < 4.78 is 35.4. The van der Waals surface area contributed by atoms with Crippen LogP contribution in [0.25, 0.3) is 16.8 Å². The average Bonchev–Trinajstić information content (AvgIpc) is 3.22. The first-order chi connectivity index (χ1) is 14.5. The van der Waals surface area contributed by atoms with E-state index in [0.717, 1.165) is 11.8 Å². The van der Waals surface area contributed by atoms with Gasteiger partial charge >= 0.3 is 0 Å². The van der Waals surface area contributed by atoms with Crippen molar-refractivity contribution < 1.29 is 18.3 Å². The molecule has 4 rings (SSSR count). The third-order valence-electron chi connectivity index (χ3n) is 4.56. The van der Waals surface area contributed by atoms with E-state index in [0.29, 0.717) is 17.0 Å². The van der Waals surface area contributed by atoms with Crippen molar-refractivity contribution in [3.8, 4) is 22.6 Å². The van der Waals surface area contributed by atoms with E-state index >= 15 is 0 Å². The van der Waals surface area contributed by atoms with Crippen LogP contribution < -0.4 is 10.1 Å². The van der Waals surface area contributed by atoms with Crippen LogP contribution in [-0.2, 0) is 0 Å². The number of carbonyl (C=O) groups is 1. The summed E-state index contributed by atoms with van der Waals surface area (Å²) in [4.78, 5) is 12.5. The van der Waals surface area contributed by atoms with Gasteiger partial charge in [0.15, 0.2) is 0 Å². The molecule has 1 heterocycles. The number of nitrogens with one attached hydrogen (secondary N) is 1. The fourth-order valence-electron chi connectivity index (χ4n) is 3.03. The first kappa shape index (κ1) is 19.3. The molecule has 0 bridgehead atoms. The molecule has 0 radical (unpaired) electrons. The normalized spacial score (nSPS) is 10.6. The van der Waals surface area contributed by atoms with Gasteiger partial charge in [-0.1, -0.05) is 24.3 Å². The number of hydrogen-bond donors (Lipinski definition) is 1. The largest absolute Gasteiger partial charge is 0.497 e. The smallest absolute Gasteiger partial charge is 0.258 e. The molecule has 0 atom stereocenters. The van der Waals surface area contributed by atoms with E-state index in [1.54, 1.807) is 16.9 Å². The van der Waals surface area contributed by atoms with Crippen LogP contribution in [-0.4, -0.2) is 22.8 Å². The van der Waals surface area contributed by atoms with Crippen LogP contribution in [0.1, 0.15) is 10.4 Å². The van der Waals surface area contributed by atoms with E-state index in [2.05, 4.69) is 10.4 Å². The second-order valence-corrected chi connectivity index (χ2v) is 6.50. The van der Waals surface area contributed by atoms with Gasteiger partial charge in [0.05, 0.1) is 36.4 Å². The van der Waals surface area contributed by atoms with Gasteiger partial charge in [-0.05, 0) is 42.0 Å². The number of halogens is 2. The lowest BCUT2D eigenvalue weighted by Gasteiger charge is -2.09. The van der Waals surface area contributed by atoms with Crippen molar-refractivity contribution in [3.05, 3.63) is 96.3 Å². The van der Waals surface area contributed by atoms with Crippen molar-refractivity contribution in [2.45, 2.75) is 0 Å². The molecule has 0 saturated heterocycles. The van der Waals surface area contributed by atoms with E-state index < -0.39 is 17.5 Å². The summed E-state index contributed by atoms with van der Waals surface area (Å²) in [7, 11) is 1.44. The first-order valence-electron chi connectivity index (χ1n) is 9.10. The Bertz CT molecular complexity index is 1210. The van der Waals surface area contributed by atoms with E-state index in [1.807, 2.05) is 30.3 Å². The molecule has 0 spiro atoms. The Morgan fingerprint density at radius 2 is 1.80 bits per heavy atom. The zero-order valence-corrected chi connectivity index (χ0v) is 16.0. The lowest BCUT2D eigenvalue weighted by Crippen LogP contribution is -2.13. The van der Waals surface area contributed by atoms with Gasteiger partial charge in [0, 0.05) is 11.6 Å². The second-order valence-electron chi connectivity index (χ2n) is 6.50. The molecule has 30 heavy (non-hydrogen) atoms. The average molecular weight is 405 g/mol. The Kier molecular flexibility index (Phi) is 5.26. The second kappa shape index (κ2) is 8.16. The van der Waals surface area contributed by atoms with Crippen molar-refractivity contribution in [2.75, 3.05) is 12.4 Å². The fourth-order valence-corrected chi connectivity index (χ4v) is 3.03. The van der Waals surface area contributed by atoms with Crippen molar-refractivity contribution in [1.82, 2.24) is 9.78 Å². The number of aromatic nitrogens is 2. The Morgan fingerprint density at radius 3 is 2.50 bits per heavy atom. The summed E-state index contributed by atoms with van der Waals surface area (Å²) in [5.41, 5.74) is 1.63. The molecule has 3 aromatic carbocycles. The topological polar surface area (TPSA) is 56.1 Å². The maximum absolute atomic E-state index is 14.6. The molecule has 0 saturated carbocycles. The minimum absolute atomic E-state index is 0.153. The summed E-state index contributed by atoms with van der Waals surface area (Å²) in [6.07, 6.45) is 3.11. The van der Waals surface area contributed by atoms with E-state index in [1.165, 1.54) is 37.6 Å². The summed E-state index contributed by atoms with van der Waals surface area (Å²) in [5, 5.41) is 6.81. The van der Waals surface area contributed by atoms with Gasteiger partial charge in [-0.2, -0.15) is 5.10 Å². The van der Waals surface area contributed by atoms with Crippen LogP contribution in [0.2, 0.25) is 0 Å². The number of methoxy groups -OCH3 is 1. The Hall–Kier alpha value is -4.00. The molecule has 1 aromatic heterocycles. The van der Waals surface area contributed by atoms with Crippen LogP contribution in [0.3, 0.4) is 0 Å². The third-order valence-corrected chi connectivity index (χ3v) is 4.56. The molecule has 0 fully saturated rings. The summed E-state index contributed by atoms with van der Waals surface area (Å²) in [6, 6.07) is 17.6. The molecule has 1 amide bonds. The molecule has 0 aliphatic heterocycles. The minimum Gasteiger partial charge on any atom is -0.497 e. The number of carbonyl (C=O) groups excluding carboxylic acids is 1.